The fourth-order valence-corrected chi connectivity index (χ4v) is 2.74. The number of rotatable bonds is 3. The molecule has 2 rings (SSSR count). The van der Waals surface area contributed by atoms with Gasteiger partial charge in [-0.3, -0.25) is 4.90 Å². The van der Waals surface area contributed by atoms with Gasteiger partial charge in [0.15, 0.2) is 11.5 Å². The maximum atomic E-state index is 9.70. The van der Waals surface area contributed by atoms with E-state index in [-0.39, 0.29) is 5.75 Å². The summed E-state index contributed by atoms with van der Waals surface area (Å²) in [5.41, 5.74) is 1.08. The molecule has 0 radical (unpaired) electrons. The summed E-state index contributed by atoms with van der Waals surface area (Å²) in [6, 6.07) is 3.67. The van der Waals surface area contributed by atoms with E-state index in [9.17, 15) is 5.11 Å². The molecule has 1 aliphatic rings. The van der Waals surface area contributed by atoms with E-state index >= 15 is 0 Å². The largest absolute Gasteiger partial charge is 0.503 e. The van der Waals surface area contributed by atoms with Crippen LogP contribution in [0.2, 0.25) is 5.02 Å². The van der Waals surface area contributed by atoms with E-state index in [1.165, 1.54) is 7.11 Å². The van der Waals surface area contributed by atoms with Crippen LogP contribution in [0.15, 0.2) is 12.1 Å². The normalized spacial score (nSPS) is 24.4. The van der Waals surface area contributed by atoms with Gasteiger partial charge in [-0.05, 0) is 29.5 Å². The number of ether oxygens (including phenoxy) is 1. The van der Waals surface area contributed by atoms with E-state index in [0.29, 0.717) is 10.8 Å². The molecular weight excluding hydrogens is 250 g/mol. The third-order valence-corrected chi connectivity index (χ3v) is 4.07. The Morgan fingerprint density at radius 1 is 1.33 bits per heavy atom. The average Bonchev–Trinajstić information content (AvgIpc) is 2.62. The molecule has 0 spiro atoms. The highest BCUT2D eigenvalue weighted by Crippen LogP contribution is 2.35. The van der Waals surface area contributed by atoms with Crippen LogP contribution in [0.1, 0.15) is 19.4 Å². The molecule has 1 heterocycles. The third kappa shape index (κ3) is 2.73. The molecule has 0 amide bonds. The molecule has 2 atom stereocenters. The van der Waals surface area contributed by atoms with Crippen molar-refractivity contribution in [2.75, 3.05) is 20.2 Å². The molecular formula is C14H20ClNO2. The molecule has 1 saturated heterocycles. The highest BCUT2D eigenvalue weighted by Gasteiger charge is 2.26. The molecule has 1 fully saturated rings. The number of nitrogens with zero attached hydrogens (tertiary/aromatic N) is 1. The van der Waals surface area contributed by atoms with Crippen molar-refractivity contribution in [3.8, 4) is 11.5 Å². The maximum Gasteiger partial charge on any atom is 0.176 e. The van der Waals surface area contributed by atoms with Gasteiger partial charge >= 0.3 is 0 Å². The highest BCUT2D eigenvalue weighted by molar-refractivity contribution is 6.32. The predicted molar refractivity (Wildman–Crippen MR) is 73.3 cm³/mol. The van der Waals surface area contributed by atoms with Gasteiger partial charge in [-0.25, -0.2) is 0 Å². The van der Waals surface area contributed by atoms with Crippen LogP contribution in [-0.4, -0.2) is 30.2 Å². The second-order valence-corrected chi connectivity index (χ2v) is 5.68. The Morgan fingerprint density at radius 3 is 2.50 bits per heavy atom. The SMILES string of the molecule is COc1cc(CN2CC(C)C(C)C2)cc(Cl)c1O. The first-order valence-corrected chi connectivity index (χ1v) is 6.66. The third-order valence-electron chi connectivity index (χ3n) is 3.78. The summed E-state index contributed by atoms with van der Waals surface area (Å²) in [6.07, 6.45) is 0. The minimum absolute atomic E-state index is 0.0195. The maximum absolute atomic E-state index is 9.70. The van der Waals surface area contributed by atoms with Crippen molar-refractivity contribution in [1.82, 2.24) is 4.90 Å². The molecule has 0 saturated carbocycles. The Kier molecular flexibility index (Phi) is 4.03. The minimum atomic E-state index is 0.0195. The molecule has 4 heteroatoms. The lowest BCUT2D eigenvalue weighted by Gasteiger charge is -2.16. The first-order chi connectivity index (χ1) is 8.51. The molecule has 0 aliphatic carbocycles. The van der Waals surface area contributed by atoms with Crippen LogP contribution in [0, 0.1) is 11.8 Å². The van der Waals surface area contributed by atoms with Gasteiger partial charge in [0, 0.05) is 19.6 Å². The number of halogens is 1. The quantitative estimate of drug-likeness (QED) is 0.915. The van der Waals surface area contributed by atoms with Crippen LogP contribution >= 0.6 is 11.6 Å². The van der Waals surface area contributed by atoms with Crippen LogP contribution in [0.4, 0.5) is 0 Å². The van der Waals surface area contributed by atoms with E-state index in [4.69, 9.17) is 16.3 Å². The van der Waals surface area contributed by atoms with E-state index in [2.05, 4.69) is 18.7 Å². The van der Waals surface area contributed by atoms with Gasteiger partial charge in [0.1, 0.15) is 0 Å². The molecule has 0 bridgehead atoms. The summed E-state index contributed by atoms with van der Waals surface area (Å²) in [4.78, 5) is 2.41. The van der Waals surface area contributed by atoms with Crippen LogP contribution in [0.25, 0.3) is 0 Å². The van der Waals surface area contributed by atoms with Gasteiger partial charge in [-0.15, -0.1) is 0 Å². The summed E-state index contributed by atoms with van der Waals surface area (Å²) < 4.78 is 5.12. The van der Waals surface area contributed by atoms with Crippen molar-refractivity contribution >= 4 is 11.6 Å². The van der Waals surface area contributed by atoms with Crippen molar-refractivity contribution in [2.45, 2.75) is 20.4 Å². The van der Waals surface area contributed by atoms with Gasteiger partial charge in [0.05, 0.1) is 12.1 Å². The lowest BCUT2D eigenvalue weighted by Crippen LogP contribution is -2.20. The van der Waals surface area contributed by atoms with Crippen LogP contribution < -0.4 is 4.74 Å². The Hall–Kier alpha value is -0.930. The second-order valence-electron chi connectivity index (χ2n) is 5.28. The van der Waals surface area contributed by atoms with Gasteiger partial charge in [-0.2, -0.15) is 0 Å². The lowest BCUT2D eigenvalue weighted by molar-refractivity contribution is 0.314. The molecule has 1 aromatic carbocycles. The number of benzene rings is 1. The summed E-state index contributed by atoms with van der Waals surface area (Å²) in [5, 5.41) is 10.0. The van der Waals surface area contributed by atoms with Crippen molar-refractivity contribution in [3.05, 3.63) is 22.7 Å². The Morgan fingerprint density at radius 2 is 1.94 bits per heavy atom. The summed E-state index contributed by atoms with van der Waals surface area (Å²) in [7, 11) is 1.54. The van der Waals surface area contributed by atoms with Gasteiger partial charge in [0.2, 0.25) is 0 Å². The molecule has 18 heavy (non-hydrogen) atoms. The van der Waals surface area contributed by atoms with Crippen molar-refractivity contribution in [3.63, 3.8) is 0 Å². The summed E-state index contributed by atoms with van der Waals surface area (Å²) in [5.74, 6) is 1.93. The summed E-state index contributed by atoms with van der Waals surface area (Å²) >= 11 is 5.99. The zero-order chi connectivity index (χ0) is 13.3. The van der Waals surface area contributed by atoms with Crippen LogP contribution in [0.5, 0.6) is 11.5 Å². The first kappa shape index (κ1) is 13.5. The number of aromatic hydroxyl groups is 1. The molecule has 0 aromatic heterocycles. The predicted octanol–water partition coefficient (Wildman–Crippen LogP) is 3.14. The smallest absolute Gasteiger partial charge is 0.176 e. The van der Waals surface area contributed by atoms with E-state index < -0.39 is 0 Å². The summed E-state index contributed by atoms with van der Waals surface area (Å²) in [6.45, 7) is 7.65. The first-order valence-electron chi connectivity index (χ1n) is 6.29. The van der Waals surface area contributed by atoms with Crippen LogP contribution in [-0.2, 0) is 6.54 Å². The Bertz CT molecular complexity index is 426. The number of phenols is 1. The molecule has 3 nitrogen and oxygen atoms in total. The number of likely N-dealkylation sites (tertiary alicyclic amines) is 1. The fraction of sp³-hybridized carbons (Fsp3) is 0.571. The molecule has 1 aromatic rings. The van der Waals surface area contributed by atoms with E-state index in [1.807, 2.05) is 12.1 Å². The minimum Gasteiger partial charge on any atom is -0.503 e. The lowest BCUT2D eigenvalue weighted by atomic mass is 10.0. The second kappa shape index (κ2) is 5.37. The van der Waals surface area contributed by atoms with Crippen molar-refractivity contribution < 1.29 is 9.84 Å². The molecule has 1 N–H and O–H groups in total. The van der Waals surface area contributed by atoms with Crippen LogP contribution in [0.3, 0.4) is 0 Å². The number of hydrogen-bond acceptors (Lipinski definition) is 3. The number of phenolic OH excluding ortho intramolecular Hbond substituents is 1. The van der Waals surface area contributed by atoms with Crippen molar-refractivity contribution in [1.29, 1.82) is 0 Å². The number of methoxy groups -OCH3 is 1. The van der Waals surface area contributed by atoms with Crippen molar-refractivity contribution in [2.24, 2.45) is 11.8 Å². The topological polar surface area (TPSA) is 32.7 Å². The standard InChI is InChI=1S/C14H20ClNO2/c1-9-6-16(7-10(9)2)8-11-4-12(15)14(17)13(5-11)18-3/h4-5,9-10,17H,6-8H2,1-3H3. The fourth-order valence-electron chi connectivity index (χ4n) is 2.51. The average molecular weight is 270 g/mol. The molecule has 1 aliphatic heterocycles. The Labute approximate surface area is 113 Å². The van der Waals surface area contributed by atoms with Gasteiger partial charge in [-0.1, -0.05) is 25.4 Å². The van der Waals surface area contributed by atoms with E-state index in [1.54, 1.807) is 0 Å². The molecule has 2 unspecified atom stereocenters. The zero-order valence-electron chi connectivity index (χ0n) is 11.1. The van der Waals surface area contributed by atoms with Gasteiger partial charge in [0.25, 0.3) is 0 Å². The van der Waals surface area contributed by atoms with E-state index in [0.717, 1.165) is 37.0 Å². The molecule has 100 valence electrons. The highest BCUT2D eigenvalue weighted by atomic mass is 35.5. The Balaban J connectivity index is 2.13. The number of hydrogen-bond donors (Lipinski definition) is 1. The zero-order valence-corrected chi connectivity index (χ0v) is 11.9. The monoisotopic (exact) mass is 269 g/mol. The van der Waals surface area contributed by atoms with Gasteiger partial charge < -0.3 is 9.84 Å².